The minimum absolute atomic E-state index is 0.213. The summed E-state index contributed by atoms with van der Waals surface area (Å²) in [5, 5.41) is 6.05. The third kappa shape index (κ3) is 3.77. The molecule has 108 valence electrons. The summed E-state index contributed by atoms with van der Waals surface area (Å²) in [6.07, 6.45) is 2.40. The number of aryl methyl sites for hydroxylation is 1. The van der Waals surface area contributed by atoms with Crippen molar-refractivity contribution in [3.8, 4) is 0 Å². The van der Waals surface area contributed by atoms with Crippen LogP contribution in [0.1, 0.15) is 34.6 Å². The van der Waals surface area contributed by atoms with Crippen molar-refractivity contribution < 1.29 is 4.52 Å². The van der Waals surface area contributed by atoms with Crippen LogP contribution in [0, 0.1) is 0 Å². The van der Waals surface area contributed by atoms with E-state index < -0.39 is 0 Å². The molecule has 2 N–H and O–H groups in total. The van der Waals surface area contributed by atoms with Crippen LogP contribution in [0.15, 0.2) is 52.4 Å². The van der Waals surface area contributed by atoms with E-state index in [1.165, 1.54) is 10.4 Å². The van der Waals surface area contributed by atoms with E-state index in [1.54, 1.807) is 11.3 Å². The van der Waals surface area contributed by atoms with Crippen LogP contribution in [-0.2, 0) is 12.8 Å². The Morgan fingerprint density at radius 3 is 2.76 bits per heavy atom. The third-order valence-electron chi connectivity index (χ3n) is 3.30. The second kappa shape index (κ2) is 6.65. The lowest BCUT2D eigenvalue weighted by Gasteiger charge is -2.06. The van der Waals surface area contributed by atoms with Gasteiger partial charge < -0.3 is 10.3 Å². The molecular formula is C16H17N3OS. The predicted molar refractivity (Wildman–Crippen MR) is 83.1 cm³/mol. The first-order valence-corrected chi connectivity index (χ1v) is 7.83. The maximum Gasteiger partial charge on any atom is 0.243 e. The van der Waals surface area contributed by atoms with E-state index >= 15 is 0 Å². The fourth-order valence-corrected chi connectivity index (χ4v) is 2.85. The first-order valence-electron chi connectivity index (χ1n) is 6.95. The summed E-state index contributed by atoms with van der Waals surface area (Å²) in [7, 11) is 0. The fraction of sp³-hybridized carbons (Fsp3) is 0.250. The van der Waals surface area contributed by atoms with Crippen molar-refractivity contribution in [2.45, 2.75) is 25.3 Å². The number of hydrogen-bond donors (Lipinski definition) is 1. The van der Waals surface area contributed by atoms with Crippen LogP contribution in [0.3, 0.4) is 0 Å². The Morgan fingerprint density at radius 1 is 1.14 bits per heavy atom. The molecule has 0 amide bonds. The number of rotatable bonds is 6. The summed E-state index contributed by atoms with van der Waals surface area (Å²) in [6.45, 7) is 0. The molecule has 3 rings (SSSR count). The van der Waals surface area contributed by atoms with Gasteiger partial charge in [-0.05, 0) is 29.9 Å². The fourth-order valence-electron chi connectivity index (χ4n) is 2.15. The average Bonchev–Trinajstić information content (AvgIpc) is 3.18. The molecule has 1 unspecified atom stereocenters. The Labute approximate surface area is 127 Å². The van der Waals surface area contributed by atoms with Gasteiger partial charge >= 0.3 is 0 Å². The molecule has 0 saturated carbocycles. The van der Waals surface area contributed by atoms with Gasteiger partial charge in [0.2, 0.25) is 5.89 Å². The summed E-state index contributed by atoms with van der Waals surface area (Å²) < 4.78 is 5.28. The van der Waals surface area contributed by atoms with Crippen molar-refractivity contribution in [2.24, 2.45) is 5.73 Å². The zero-order valence-corrected chi connectivity index (χ0v) is 12.4. The Balaban J connectivity index is 1.57. The standard InChI is InChI=1S/C16H17N3OS/c17-14(9-8-12-5-2-1-3-6-12)16-18-15(19-20-16)11-13-7-4-10-21-13/h1-7,10,14H,8-9,11,17H2. The highest BCUT2D eigenvalue weighted by atomic mass is 32.1. The molecule has 2 aromatic heterocycles. The van der Waals surface area contributed by atoms with Gasteiger partial charge in [-0.15, -0.1) is 11.3 Å². The highest BCUT2D eigenvalue weighted by Gasteiger charge is 2.15. The van der Waals surface area contributed by atoms with E-state index in [-0.39, 0.29) is 6.04 Å². The topological polar surface area (TPSA) is 64.9 Å². The number of thiophene rings is 1. The lowest BCUT2D eigenvalue weighted by atomic mass is 10.1. The molecule has 0 spiro atoms. The van der Waals surface area contributed by atoms with E-state index in [9.17, 15) is 0 Å². The smallest absolute Gasteiger partial charge is 0.243 e. The summed E-state index contributed by atoms with van der Waals surface area (Å²) in [5.74, 6) is 1.22. The van der Waals surface area contributed by atoms with Crippen molar-refractivity contribution in [2.75, 3.05) is 0 Å². The molecule has 21 heavy (non-hydrogen) atoms. The number of nitrogens with two attached hydrogens (primary N) is 1. The largest absolute Gasteiger partial charge is 0.338 e. The average molecular weight is 299 g/mol. The zero-order chi connectivity index (χ0) is 14.5. The Morgan fingerprint density at radius 2 is 2.00 bits per heavy atom. The minimum Gasteiger partial charge on any atom is -0.338 e. The quantitative estimate of drug-likeness (QED) is 0.758. The van der Waals surface area contributed by atoms with Gasteiger partial charge in [0.05, 0.1) is 6.04 Å². The SMILES string of the molecule is NC(CCc1ccccc1)c1nc(Cc2cccs2)no1. The van der Waals surface area contributed by atoms with Crippen LogP contribution in [0.5, 0.6) is 0 Å². The maximum atomic E-state index is 6.14. The highest BCUT2D eigenvalue weighted by molar-refractivity contribution is 7.09. The molecule has 0 aliphatic heterocycles. The molecular weight excluding hydrogens is 282 g/mol. The van der Waals surface area contributed by atoms with Gasteiger partial charge in [-0.3, -0.25) is 0 Å². The number of hydrogen-bond acceptors (Lipinski definition) is 5. The van der Waals surface area contributed by atoms with Gasteiger partial charge in [-0.2, -0.15) is 4.98 Å². The Bertz CT molecular complexity index is 664. The molecule has 1 aromatic carbocycles. The number of aromatic nitrogens is 2. The van der Waals surface area contributed by atoms with E-state index in [4.69, 9.17) is 10.3 Å². The van der Waals surface area contributed by atoms with Crippen LogP contribution in [-0.4, -0.2) is 10.1 Å². The van der Waals surface area contributed by atoms with Gasteiger partial charge in [0.15, 0.2) is 5.82 Å². The van der Waals surface area contributed by atoms with Gasteiger partial charge in [-0.1, -0.05) is 41.6 Å². The second-order valence-electron chi connectivity index (χ2n) is 4.94. The van der Waals surface area contributed by atoms with Gasteiger partial charge in [-0.25, -0.2) is 0 Å². The van der Waals surface area contributed by atoms with Gasteiger partial charge in [0, 0.05) is 11.3 Å². The zero-order valence-electron chi connectivity index (χ0n) is 11.6. The van der Waals surface area contributed by atoms with Crippen LogP contribution in [0.4, 0.5) is 0 Å². The summed E-state index contributed by atoms with van der Waals surface area (Å²) in [6, 6.07) is 14.2. The normalized spacial score (nSPS) is 12.4. The van der Waals surface area contributed by atoms with Crippen molar-refractivity contribution in [1.29, 1.82) is 0 Å². The molecule has 1 atom stereocenters. The lowest BCUT2D eigenvalue weighted by molar-refractivity contribution is 0.345. The molecule has 0 saturated heterocycles. The molecule has 5 heteroatoms. The van der Waals surface area contributed by atoms with Crippen LogP contribution >= 0.6 is 11.3 Å². The molecule has 0 aliphatic carbocycles. The molecule has 0 aliphatic rings. The number of nitrogens with zero attached hydrogens (tertiary/aromatic N) is 2. The Kier molecular flexibility index (Phi) is 4.43. The second-order valence-corrected chi connectivity index (χ2v) is 5.97. The molecule has 0 fully saturated rings. The third-order valence-corrected chi connectivity index (χ3v) is 4.18. The molecule has 4 nitrogen and oxygen atoms in total. The van der Waals surface area contributed by atoms with Crippen molar-refractivity contribution in [3.05, 3.63) is 70.0 Å². The van der Waals surface area contributed by atoms with Crippen molar-refractivity contribution in [3.63, 3.8) is 0 Å². The highest BCUT2D eigenvalue weighted by Crippen LogP contribution is 2.17. The minimum atomic E-state index is -0.213. The van der Waals surface area contributed by atoms with E-state index in [1.807, 2.05) is 29.6 Å². The van der Waals surface area contributed by atoms with Crippen molar-refractivity contribution in [1.82, 2.24) is 10.1 Å². The lowest BCUT2D eigenvalue weighted by Crippen LogP contribution is -2.12. The number of benzene rings is 1. The van der Waals surface area contributed by atoms with E-state index in [0.29, 0.717) is 18.1 Å². The first-order chi connectivity index (χ1) is 10.3. The summed E-state index contributed by atoms with van der Waals surface area (Å²) >= 11 is 1.69. The first kappa shape index (κ1) is 14.0. The predicted octanol–water partition coefficient (Wildman–Crippen LogP) is 3.35. The van der Waals surface area contributed by atoms with Gasteiger partial charge in [0.1, 0.15) is 0 Å². The van der Waals surface area contributed by atoms with Crippen LogP contribution in [0.2, 0.25) is 0 Å². The van der Waals surface area contributed by atoms with E-state index in [2.05, 4.69) is 28.3 Å². The van der Waals surface area contributed by atoms with Gasteiger partial charge in [0.25, 0.3) is 0 Å². The molecule has 0 bridgehead atoms. The monoisotopic (exact) mass is 299 g/mol. The summed E-state index contributed by atoms with van der Waals surface area (Å²) in [4.78, 5) is 5.62. The van der Waals surface area contributed by atoms with E-state index in [0.717, 1.165) is 12.8 Å². The van der Waals surface area contributed by atoms with Crippen LogP contribution < -0.4 is 5.73 Å². The van der Waals surface area contributed by atoms with Crippen molar-refractivity contribution >= 4 is 11.3 Å². The molecule has 3 aromatic rings. The molecule has 0 radical (unpaired) electrons. The Hall–Kier alpha value is -1.98. The van der Waals surface area contributed by atoms with Crippen LogP contribution in [0.25, 0.3) is 0 Å². The molecule has 2 heterocycles. The summed E-state index contributed by atoms with van der Waals surface area (Å²) in [5.41, 5.74) is 7.41. The maximum absolute atomic E-state index is 6.14.